The third-order valence-corrected chi connectivity index (χ3v) is 4.08. The van der Waals surface area contributed by atoms with Crippen molar-refractivity contribution >= 4 is 0 Å². The molecule has 0 aromatic carbocycles. The molecule has 1 saturated heterocycles. The third kappa shape index (κ3) is 3.14. The maximum absolute atomic E-state index is 5.75. The van der Waals surface area contributed by atoms with Gasteiger partial charge in [0.15, 0.2) is 5.79 Å². The van der Waals surface area contributed by atoms with Gasteiger partial charge < -0.3 is 14.8 Å². The van der Waals surface area contributed by atoms with Crippen molar-refractivity contribution in [2.24, 2.45) is 0 Å². The number of rotatable bonds is 3. The highest BCUT2D eigenvalue weighted by molar-refractivity contribution is 5.09. The molecule has 0 radical (unpaired) electrons. The van der Waals surface area contributed by atoms with Crippen LogP contribution in [0.5, 0.6) is 0 Å². The van der Waals surface area contributed by atoms with Gasteiger partial charge in [0.05, 0.1) is 18.9 Å². The van der Waals surface area contributed by atoms with Gasteiger partial charge in [0.25, 0.3) is 0 Å². The van der Waals surface area contributed by atoms with Gasteiger partial charge in [-0.1, -0.05) is 6.07 Å². The molecule has 2 aliphatic rings. The summed E-state index contributed by atoms with van der Waals surface area (Å²) in [5, 5.41) is 3.60. The number of hydrogen-bond donors (Lipinski definition) is 1. The van der Waals surface area contributed by atoms with Crippen molar-refractivity contribution < 1.29 is 9.47 Å². The van der Waals surface area contributed by atoms with Crippen LogP contribution in [0.15, 0.2) is 18.2 Å². The zero-order valence-corrected chi connectivity index (χ0v) is 11.5. The van der Waals surface area contributed by atoms with E-state index in [1.165, 1.54) is 0 Å². The summed E-state index contributed by atoms with van der Waals surface area (Å²) < 4.78 is 11.5. The Bertz CT molecular complexity index is 420. The normalized spacial score (nSPS) is 23.0. The summed E-state index contributed by atoms with van der Waals surface area (Å²) in [5.41, 5.74) is 2.20. The minimum atomic E-state index is -0.250. The van der Waals surface area contributed by atoms with Gasteiger partial charge in [-0.25, -0.2) is 0 Å². The molecule has 2 heterocycles. The number of nitrogens with one attached hydrogen (secondary N) is 1. The van der Waals surface area contributed by atoms with E-state index >= 15 is 0 Å². The van der Waals surface area contributed by atoms with E-state index < -0.39 is 0 Å². The molecule has 0 amide bonds. The summed E-state index contributed by atoms with van der Waals surface area (Å²) in [5.74, 6) is -0.250. The van der Waals surface area contributed by atoms with Crippen LogP contribution in [-0.2, 0) is 16.0 Å². The second-order valence-corrected chi connectivity index (χ2v) is 5.53. The molecule has 19 heavy (non-hydrogen) atoms. The first-order valence-electron chi connectivity index (χ1n) is 7.20. The summed E-state index contributed by atoms with van der Waals surface area (Å²) in [4.78, 5) is 4.52. The first kappa shape index (κ1) is 13.0. The van der Waals surface area contributed by atoms with Crippen molar-refractivity contribution in [3.05, 3.63) is 29.6 Å². The van der Waals surface area contributed by atoms with Crippen molar-refractivity contribution in [2.45, 2.75) is 51.0 Å². The van der Waals surface area contributed by atoms with Gasteiger partial charge in [0.1, 0.15) is 0 Å². The number of ether oxygens (including phenoxy) is 2. The molecule has 1 saturated carbocycles. The molecule has 4 nitrogen and oxygen atoms in total. The minimum absolute atomic E-state index is 0.250. The van der Waals surface area contributed by atoms with Crippen LogP contribution >= 0.6 is 0 Å². The summed E-state index contributed by atoms with van der Waals surface area (Å²) >= 11 is 0. The summed E-state index contributed by atoms with van der Waals surface area (Å²) in [7, 11) is 0. The maximum Gasteiger partial charge on any atom is 0.168 e. The lowest BCUT2D eigenvalue weighted by atomic mass is 9.90. The summed E-state index contributed by atoms with van der Waals surface area (Å²) in [6.07, 6.45) is 4.25. The van der Waals surface area contributed by atoms with E-state index in [0.29, 0.717) is 6.04 Å². The lowest BCUT2D eigenvalue weighted by Crippen LogP contribution is -2.41. The van der Waals surface area contributed by atoms with E-state index in [1.54, 1.807) is 0 Å². The number of nitrogens with zero attached hydrogens (tertiary/aromatic N) is 1. The average Bonchev–Trinajstić information content (AvgIpc) is 2.87. The molecule has 0 unspecified atom stereocenters. The van der Waals surface area contributed by atoms with Crippen molar-refractivity contribution in [1.29, 1.82) is 0 Å². The van der Waals surface area contributed by atoms with Crippen LogP contribution in [-0.4, -0.2) is 30.0 Å². The van der Waals surface area contributed by atoms with Gasteiger partial charge in [0.2, 0.25) is 0 Å². The van der Waals surface area contributed by atoms with Gasteiger partial charge in [0, 0.05) is 31.1 Å². The number of aryl methyl sites for hydroxylation is 1. The third-order valence-electron chi connectivity index (χ3n) is 4.08. The van der Waals surface area contributed by atoms with E-state index in [2.05, 4.69) is 22.4 Å². The fraction of sp³-hybridized carbons (Fsp3) is 0.667. The predicted octanol–water partition coefficient (Wildman–Crippen LogP) is 2.17. The predicted molar refractivity (Wildman–Crippen MR) is 72.7 cm³/mol. The molecule has 0 bridgehead atoms. The standard InChI is InChI=1S/C15H22N2O2/c1-12-3-2-4-14(17-12)11-16-13-5-7-15(8-6-13)18-9-10-19-15/h2-4,13,16H,5-11H2,1H3. The highest BCUT2D eigenvalue weighted by atomic mass is 16.7. The number of aromatic nitrogens is 1. The van der Waals surface area contributed by atoms with Crippen LogP contribution in [0.3, 0.4) is 0 Å². The maximum atomic E-state index is 5.75. The molecule has 3 rings (SSSR count). The highest BCUT2D eigenvalue weighted by Gasteiger charge is 2.40. The lowest BCUT2D eigenvalue weighted by Gasteiger charge is -2.35. The monoisotopic (exact) mass is 262 g/mol. The van der Waals surface area contributed by atoms with E-state index in [-0.39, 0.29) is 5.79 Å². The molecule has 1 aliphatic heterocycles. The SMILES string of the molecule is Cc1cccc(CNC2CCC3(CC2)OCCO3)n1. The minimum Gasteiger partial charge on any atom is -0.348 e. The first-order valence-corrected chi connectivity index (χ1v) is 7.20. The molecule has 104 valence electrons. The van der Waals surface area contributed by atoms with Gasteiger partial charge in [-0.2, -0.15) is 0 Å². The fourth-order valence-corrected chi connectivity index (χ4v) is 2.99. The first-order chi connectivity index (χ1) is 9.26. The Morgan fingerprint density at radius 2 is 2.00 bits per heavy atom. The molecule has 1 N–H and O–H groups in total. The van der Waals surface area contributed by atoms with Crippen molar-refractivity contribution in [1.82, 2.24) is 10.3 Å². The summed E-state index contributed by atoms with van der Waals surface area (Å²) in [6, 6.07) is 6.73. The van der Waals surface area contributed by atoms with Crippen molar-refractivity contribution in [3.63, 3.8) is 0 Å². The van der Waals surface area contributed by atoms with Crippen LogP contribution in [0.4, 0.5) is 0 Å². The zero-order valence-electron chi connectivity index (χ0n) is 11.5. The largest absolute Gasteiger partial charge is 0.348 e. The lowest BCUT2D eigenvalue weighted by molar-refractivity contribution is -0.179. The molecule has 1 aliphatic carbocycles. The van der Waals surface area contributed by atoms with Crippen molar-refractivity contribution in [2.75, 3.05) is 13.2 Å². The topological polar surface area (TPSA) is 43.4 Å². The van der Waals surface area contributed by atoms with E-state index in [1.807, 2.05) is 13.0 Å². The van der Waals surface area contributed by atoms with Crippen molar-refractivity contribution in [3.8, 4) is 0 Å². The second-order valence-electron chi connectivity index (χ2n) is 5.53. The Balaban J connectivity index is 1.47. The zero-order chi connectivity index (χ0) is 13.1. The molecule has 1 aromatic rings. The van der Waals surface area contributed by atoms with E-state index in [0.717, 1.165) is 56.8 Å². The number of hydrogen-bond acceptors (Lipinski definition) is 4. The second kappa shape index (κ2) is 5.57. The van der Waals surface area contributed by atoms with Crippen LogP contribution in [0.25, 0.3) is 0 Å². The van der Waals surface area contributed by atoms with Gasteiger partial charge >= 0.3 is 0 Å². The summed E-state index contributed by atoms with van der Waals surface area (Å²) in [6.45, 7) is 4.39. The fourth-order valence-electron chi connectivity index (χ4n) is 2.99. The Morgan fingerprint density at radius 1 is 1.26 bits per heavy atom. The molecule has 1 spiro atoms. The van der Waals surface area contributed by atoms with E-state index in [4.69, 9.17) is 9.47 Å². The molecular weight excluding hydrogens is 240 g/mol. The molecular formula is C15H22N2O2. The van der Waals surface area contributed by atoms with Crippen LogP contribution < -0.4 is 5.32 Å². The molecule has 1 aromatic heterocycles. The van der Waals surface area contributed by atoms with Crippen LogP contribution in [0, 0.1) is 6.92 Å². The Morgan fingerprint density at radius 3 is 2.68 bits per heavy atom. The molecule has 2 fully saturated rings. The van der Waals surface area contributed by atoms with Gasteiger partial charge in [-0.15, -0.1) is 0 Å². The quantitative estimate of drug-likeness (QED) is 0.906. The van der Waals surface area contributed by atoms with Crippen LogP contribution in [0.2, 0.25) is 0 Å². The molecule has 4 heteroatoms. The molecule has 0 atom stereocenters. The number of pyridine rings is 1. The van der Waals surface area contributed by atoms with Crippen LogP contribution in [0.1, 0.15) is 37.1 Å². The smallest absolute Gasteiger partial charge is 0.168 e. The Kier molecular flexibility index (Phi) is 3.82. The van der Waals surface area contributed by atoms with Gasteiger partial charge in [-0.3, -0.25) is 4.98 Å². The average molecular weight is 262 g/mol. The van der Waals surface area contributed by atoms with Gasteiger partial charge in [-0.05, 0) is 31.9 Å². The Labute approximate surface area is 114 Å². The van der Waals surface area contributed by atoms with E-state index in [9.17, 15) is 0 Å². The highest BCUT2D eigenvalue weighted by Crippen LogP contribution is 2.35. The Hall–Kier alpha value is -0.970.